The van der Waals surface area contributed by atoms with Gasteiger partial charge in [0.1, 0.15) is 0 Å². The zero-order valence-electron chi connectivity index (χ0n) is 16.5. The summed E-state index contributed by atoms with van der Waals surface area (Å²) < 4.78 is 0. The summed E-state index contributed by atoms with van der Waals surface area (Å²) in [5.41, 5.74) is 3.35. The molecule has 0 saturated carbocycles. The Hall–Kier alpha value is -2.92. The van der Waals surface area contributed by atoms with Crippen molar-refractivity contribution in [1.82, 2.24) is 20.1 Å². The molecule has 2 aromatic heterocycles. The van der Waals surface area contributed by atoms with Gasteiger partial charge < -0.3 is 9.88 Å². The minimum Gasteiger partial charge on any atom is -0.329 e. The first-order valence-corrected chi connectivity index (χ1v) is 9.99. The summed E-state index contributed by atoms with van der Waals surface area (Å²) in [5.74, 6) is 0. The molecular weight excluding hydrogens is 348 g/mol. The quantitative estimate of drug-likeness (QED) is 0.473. The Morgan fingerprint density at radius 3 is 2.64 bits per heavy atom. The molecule has 5 heteroatoms. The van der Waals surface area contributed by atoms with Gasteiger partial charge in [-0.05, 0) is 71.9 Å². The minimum atomic E-state index is -0.0402. The van der Waals surface area contributed by atoms with Crippen LogP contribution in [0.25, 0.3) is 32.7 Å². The molecule has 2 N–H and O–H groups in total. The lowest BCUT2D eigenvalue weighted by Gasteiger charge is -2.18. The Labute approximate surface area is 164 Å². The summed E-state index contributed by atoms with van der Waals surface area (Å²) in [6.45, 7) is 7.67. The van der Waals surface area contributed by atoms with E-state index in [1.165, 1.54) is 5.56 Å². The maximum atomic E-state index is 12.6. The van der Waals surface area contributed by atoms with Crippen LogP contribution >= 0.6 is 0 Å². The highest BCUT2D eigenvalue weighted by atomic mass is 16.1. The Bertz CT molecular complexity index is 1140. The summed E-state index contributed by atoms with van der Waals surface area (Å²) in [5, 5.41) is 10.8. The number of hydrogen-bond acceptors (Lipinski definition) is 3. The van der Waals surface area contributed by atoms with E-state index in [9.17, 15) is 4.79 Å². The average Bonchev–Trinajstić information content (AvgIpc) is 3.25. The van der Waals surface area contributed by atoms with E-state index in [2.05, 4.69) is 58.2 Å². The molecule has 2 heterocycles. The molecule has 144 valence electrons. The normalized spacial score (nSPS) is 11.7. The number of nitrogens with one attached hydrogen (secondary N) is 2. The van der Waals surface area contributed by atoms with Crippen LogP contribution in [-0.4, -0.2) is 39.7 Å². The molecule has 5 nitrogen and oxygen atoms in total. The van der Waals surface area contributed by atoms with Crippen molar-refractivity contribution >= 4 is 21.5 Å². The van der Waals surface area contributed by atoms with Crippen molar-refractivity contribution in [3.63, 3.8) is 0 Å². The lowest BCUT2D eigenvalue weighted by molar-refractivity contribution is 0.300. The van der Waals surface area contributed by atoms with Gasteiger partial charge in [0, 0.05) is 18.0 Å². The van der Waals surface area contributed by atoms with E-state index in [1.807, 2.05) is 18.5 Å². The zero-order valence-corrected chi connectivity index (χ0v) is 16.5. The molecule has 0 fully saturated rings. The molecule has 0 radical (unpaired) electrons. The van der Waals surface area contributed by atoms with E-state index in [4.69, 9.17) is 0 Å². The smallest absolute Gasteiger partial charge is 0.256 e. The highest BCUT2D eigenvalue weighted by Gasteiger charge is 2.12. The number of fused-ring (bicyclic) bond motifs is 3. The van der Waals surface area contributed by atoms with E-state index in [0.29, 0.717) is 0 Å². The maximum absolute atomic E-state index is 12.6. The molecule has 0 aliphatic heterocycles. The van der Waals surface area contributed by atoms with E-state index < -0.39 is 0 Å². The van der Waals surface area contributed by atoms with Crippen LogP contribution in [0.15, 0.2) is 53.7 Å². The van der Waals surface area contributed by atoms with Crippen molar-refractivity contribution in [2.45, 2.75) is 26.7 Å². The van der Waals surface area contributed by atoms with Crippen molar-refractivity contribution in [3.8, 4) is 11.1 Å². The molecule has 0 atom stereocenters. The number of hydrogen-bond donors (Lipinski definition) is 2. The number of pyridine rings is 1. The summed E-state index contributed by atoms with van der Waals surface area (Å²) >= 11 is 0. The molecular formula is C23H26N4O. The molecule has 0 saturated heterocycles. The van der Waals surface area contributed by atoms with Gasteiger partial charge in [0.15, 0.2) is 0 Å². The number of nitrogens with zero attached hydrogens (tertiary/aromatic N) is 2. The molecule has 0 unspecified atom stereocenters. The van der Waals surface area contributed by atoms with E-state index in [1.54, 1.807) is 6.20 Å². The van der Waals surface area contributed by atoms with Crippen LogP contribution in [0, 0.1) is 0 Å². The molecule has 28 heavy (non-hydrogen) atoms. The second-order valence-electron chi connectivity index (χ2n) is 7.18. The van der Waals surface area contributed by atoms with Crippen molar-refractivity contribution in [1.29, 1.82) is 0 Å². The Kier molecular flexibility index (Phi) is 5.26. The summed E-state index contributed by atoms with van der Waals surface area (Å²) in [6.07, 6.45) is 7.52. The predicted molar refractivity (Wildman–Crippen MR) is 116 cm³/mol. The number of aryl methyl sites for hydroxylation is 1. The second kappa shape index (κ2) is 7.98. The predicted octanol–water partition coefficient (Wildman–Crippen LogP) is 4.35. The number of benzene rings is 2. The van der Waals surface area contributed by atoms with Gasteiger partial charge in [-0.1, -0.05) is 32.0 Å². The van der Waals surface area contributed by atoms with Crippen molar-refractivity contribution in [2.24, 2.45) is 0 Å². The highest BCUT2D eigenvalue weighted by molar-refractivity contribution is 6.09. The lowest BCUT2D eigenvalue weighted by atomic mass is 9.93. The Morgan fingerprint density at radius 1 is 1.04 bits per heavy atom. The van der Waals surface area contributed by atoms with Gasteiger partial charge in [-0.15, -0.1) is 0 Å². The Balaban J connectivity index is 1.82. The number of aromatic amines is 2. The molecule has 0 bridgehead atoms. The summed E-state index contributed by atoms with van der Waals surface area (Å²) in [7, 11) is 0. The number of aromatic nitrogens is 3. The van der Waals surface area contributed by atoms with Crippen molar-refractivity contribution in [2.75, 3.05) is 19.6 Å². The largest absolute Gasteiger partial charge is 0.329 e. The molecule has 2 aromatic carbocycles. The number of rotatable bonds is 7. The van der Waals surface area contributed by atoms with Crippen molar-refractivity contribution < 1.29 is 0 Å². The standard InChI is InChI=1S/C23H26N4O/c1-3-27(4-2)11-5-6-17-12-18-9-10-24-23(28)22(18)21-13-16(7-8-20(17)21)19-14-25-26-15-19/h7-10,12-15H,3-6,11H2,1-2H3,(H,24,28)(H,25,26). The monoisotopic (exact) mass is 374 g/mol. The van der Waals surface area contributed by atoms with Gasteiger partial charge in [0.2, 0.25) is 0 Å². The molecule has 0 amide bonds. The first-order valence-electron chi connectivity index (χ1n) is 9.99. The van der Waals surface area contributed by atoms with E-state index in [0.717, 1.165) is 65.1 Å². The molecule has 0 spiro atoms. The van der Waals surface area contributed by atoms with Crippen LogP contribution < -0.4 is 5.56 Å². The summed E-state index contributed by atoms with van der Waals surface area (Å²) in [6, 6.07) is 10.6. The van der Waals surface area contributed by atoms with Gasteiger partial charge in [0.05, 0.1) is 11.6 Å². The SMILES string of the molecule is CCN(CC)CCCc1cc2cc[nH]c(=O)c2c2cc(-c3cn[nH]c3)ccc12. The van der Waals surface area contributed by atoms with E-state index in [-0.39, 0.29) is 5.56 Å². The fraction of sp³-hybridized carbons (Fsp3) is 0.304. The fourth-order valence-electron chi connectivity index (χ4n) is 4.02. The van der Waals surface area contributed by atoms with Crippen LogP contribution in [0.1, 0.15) is 25.8 Å². The molecule has 4 rings (SSSR count). The van der Waals surface area contributed by atoms with Crippen LogP contribution in [-0.2, 0) is 6.42 Å². The molecule has 0 aliphatic rings. The highest BCUT2D eigenvalue weighted by Crippen LogP contribution is 2.31. The van der Waals surface area contributed by atoms with E-state index >= 15 is 0 Å². The van der Waals surface area contributed by atoms with Gasteiger partial charge in [-0.3, -0.25) is 9.89 Å². The minimum absolute atomic E-state index is 0.0402. The topological polar surface area (TPSA) is 64.8 Å². The first kappa shape index (κ1) is 18.4. The summed E-state index contributed by atoms with van der Waals surface area (Å²) in [4.78, 5) is 17.9. The molecule has 4 aromatic rings. The van der Waals surface area contributed by atoms with Crippen LogP contribution in [0.4, 0.5) is 0 Å². The van der Waals surface area contributed by atoms with Crippen LogP contribution in [0.5, 0.6) is 0 Å². The van der Waals surface area contributed by atoms with Crippen LogP contribution in [0.2, 0.25) is 0 Å². The maximum Gasteiger partial charge on any atom is 0.256 e. The first-order chi connectivity index (χ1) is 13.7. The van der Waals surface area contributed by atoms with Gasteiger partial charge >= 0.3 is 0 Å². The third kappa shape index (κ3) is 3.45. The Morgan fingerprint density at radius 2 is 1.89 bits per heavy atom. The molecule has 0 aliphatic carbocycles. The van der Waals surface area contributed by atoms with Gasteiger partial charge in [0.25, 0.3) is 5.56 Å². The average molecular weight is 374 g/mol. The second-order valence-corrected chi connectivity index (χ2v) is 7.18. The van der Waals surface area contributed by atoms with Gasteiger partial charge in [-0.2, -0.15) is 5.10 Å². The fourth-order valence-corrected chi connectivity index (χ4v) is 4.02. The number of H-pyrrole nitrogens is 2. The lowest BCUT2D eigenvalue weighted by Crippen LogP contribution is -2.24. The third-order valence-corrected chi connectivity index (χ3v) is 5.60. The zero-order chi connectivity index (χ0) is 19.5. The third-order valence-electron chi connectivity index (χ3n) is 5.60. The van der Waals surface area contributed by atoms with Gasteiger partial charge in [-0.25, -0.2) is 0 Å². The van der Waals surface area contributed by atoms with Crippen LogP contribution in [0.3, 0.4) is 0 Å². The van der Waals surface area contributed by atoms with Crippen molar-refractivity contribution in [3.05, 3.63) is 64.8 Å².